The lowest BCUT2D eigenvalue weighted by Crippen LogP contribution is -2.47. The molecule has 16 heavy (non-hydrogen) atoms. The fourth-order valence-corrected chi connectivity index (χ4v) is 1.27. The van der Waals surface area contributed by atoms with E-state index in [4.69, 9.17) is 0 Å². The van der Waals surface area contributed by atoms with Gasteiger partial charge in [0.15, 0.2) is 5.82 Å². The minimum absolute atomic E-state index is 0.00650. The second-order valence-electron chi connectivity index (χ2n) is 3.86. The summed E-state index contributed by atoms with van der Waals surface area (Å²) in [5, 5.41) is 5.87. The van der Waals surface area contributed by atoms with Crippen LogP contribution in [0.1, 0.15) is 25.6 Å². The van der Waals surface area contributed by atoms with Gasteiger partial charge in [-0.25, -0.2) is 0 Å². The predicted molar refractivity (Wildman–Crippen MR) is 50.9 cm³/mol. The Balaban J connectivity index is 2.71. The molecular formula is C9H14F3N3O. The number of hydrogen-bond acceptors (Lipinski definition) is 4. The molecule has 0 aliphatic carbocycles. The highest BCUT2D eigenvalue weighted by Gasteiger charge is 2.40. The fraction of sp³-hybridized carbons (Fsp3) is 0.778. The minimum atomic E-state index is -4.33. The van der Waals surface area contributed by atoms with Gasteiger partial charge in [-0.05, 0) is 6.92 Å². The van der Waals surface area contributed by atoms with E-state index in [1.807, 2.05) is 0 Å². The molecule has 0 saturated carbocycles. The molecule has 1 heterocycles. The van der Waals surface area contributed by atoms with Crippen LogP contribution in [-0.4, -0.2) is 28.4 Å². The Bertz CT molecular complexity index is 335. The van der Waals surface area contributed by atoms with E-state index in [0.29, 0.717) is 5.82 Å². The van der Waals surface area contributed by atoms with Crippen molar-refractivity contribution in [3.8, 4) is 0 Å². The van der Waals surface area contributed by atoms with Crippen LogP contribution >= 0.6 is 0 Å². The van der Waals surface area contributed by atoms with Crippen molar-refractivity contribution in [3.05, 3.63) is 11.7 Å². The number of alkyl halides is 3. The highest BCUT2D eigenvalue weighted by atomic mass is 19.4. The average molecular weight is 237 g/mol. The van der Waals surface area contributed by atoms with E-state index >= 15 is 0 Å². The Morgan fingerprint density at radius 3 is 2.38 bits per heavy atom. The lowest BCUT2D eigenvalue weighted by molar-refractivity contribution is -0.158. The fourth-order valence-electron chi connectivity index (χ4n) is 1.27. The van der Waals surface area contributed by atoms with Crippen LogP contribution in [0.2, 0.25) is 0 Å². The molecule has 0 aromatic carbocycles. The SMILES string of the molecule is Cc1noc(C[C@H](NC(C)C)C(F)(F)F)n1. The van der Waals surface area contributed by atoms with Crippen LogP contribution in [0.4, 0.5) is 13.2 Å². The highest BCUT2D eigenvalue weighted by Crippen LogP contribution is 2.23. The highest BCUT2D eigenvalue weighted by molar-refractivity contribution is 4.90. The van der Waals surface area contributed by atoms with Gasteiger partial charge in [0, 0.05) is 6.04 Å². The summed E-state index contributed by atoms with van der Waals surface area (Å²) in [5.41, 5.74) is 0. The molecule has 0 aliphatic rings. The van der Waals surface area contributed by atoms with Crippen LogP contribution in [0.3, 0.4) is 0 Å². The summed E-state index contributed by atoms with van der Waals surface area (Å²) in [5.74, 6) is 0.327. The smallest absolute Gasteiger partial charge is 0.339 e. The van der Waals surface area contributed by atoms with Gasteiger partial charge in [0.1, 0.15) is 6.04 Å². The minimum Gasteiger partial charge on any atom is -0.339 e. The van der Waals surface area contributed by atoms with Crippen LogP contribution < -0.4 is 5.32 Å². The molecule has 1 N–H and O–H groups in total. The lowest BCUT2D eigenvalue weighted by Gasteiger charge is -2.22. The zero-order chi connectivity index (χ0) is 12.3. The number of nitrogens with zero attached hydrogens (tertiary/aromatic N) is 2. The number of nitrogens with one attached hydrogen (secondary N) is 1. The lowest BCUT2D eigenvalue weighted by atomic mass is 10.1. The van der Waals surface area contributed by atoms with Gasteiger partial charge in [-0.2, -0.15) is 18.2 Å². The van der Waals surface area contributed by atoms with Crippen LogP contribution in [0.15, 0.2) is 4.52 Å². The maximum atomic E-state index is 12.6. The molecular weight excluding hydrogens is 223 g/mol. The zero-order valence-corrected chi connectivity index (χ0v) is 9.30. The van der Waals surface area contributed by atoms with Gasteiger partial charge in [-0.3, -0.25) is 0 Å². The van der Waals surface area contributed by atoms with Gasteiger partial charge in [-0.1, -0.05) is 19.0 Å². The summed E-state index contributed by atoms with van der Waals surface area (Å²) >= 11 is 0. The first kappa shape index (κ1) is 13.0. The van der Waals surface area contributed by atoms with Crippen molar-refractivity contribution in [3.63, 3.8) is 0 Å². The topological polar surface area (TPSA) is 51.0 Å². The zero-order valence-electron chi connectivity index (χ0n) is 9.30. The number of rotatable bonds is 4. The molecule has 1 aromatic heterocycles. The van der Waals surface area contributed by atoms with Crippen molar-refractivity contribution in [1.82, 2.24) is 15.5 Å². The molecule has 0 saturated heterocycles. The molecule has 0 bridgehead atoms. The largest absolute Gasteiger partial charge is 0.404 e. The summed E-state index contributed by atoms with van der Waals surface area (Å²) in [6, 6.07) is -1.93. The van der Waals surface area contributed by atoms with E-state index in [9.17, 15) is 13.2 Å². The standard InChI is InChI=1S/C9H14F3N3O/c1-5(2)13-7(9(10,11)12)4-8-14-6(3)15-16-8/h5,7,13H,4H2,1-3H3/t7-/m0/s1. The van der Waals surface area contributed by atoms with Crippen molar-refractivity contribution in [1.29, 1.82) is 0 Å². The van der Waals surface area contributed by atoms with Crippen molar-refractivity contribution in [2.75, 3.05) is 0 Å². The first-order valence-corrected chi connectivity index (χ1v) is 4.91. The maximum Gasteiger partial charge on any atom is 0.404 e. The first-order valence-electron chi connectivity index (χ1n) is 4.91. The number of aryl methyl sites for hydroxylation is 1. The van der Waals surface area contributed by atoms with E-state index in [1.165, 1.54) is 0 Å². The van der Waals surface area contributed by atoms with E-state index in [0.717, 1.165) is 0 Å². The Kier molecular flexibility index (Phi) is 3.90. The Labute approximate surface area is 91.2 Å². The Hall–Kier alpha value is -1.11. The molecule has 1 rings (SSSR count). The predicted octanol–water partition coefficient (Wildman–Crippen LogP) is 1.85. The number of halogens is 3. The Morgan fingerprint density at radius 2 is 2.00 bits per heavy atom. The third-order valence-electron chi connectivity index (χ3n) is 1.88. The molecule has 0 amide bonds. The van der Waals surface area contributed by atoms with Gasteiger partial charge in [0.05, 0.1) is 6.42 Å². The van der Waals surface area contributed by atoms with Crippen LogP contribution in [0.25, 0.3) is 0 Å². The number of hydrogen-bond donors (Lipinski definition) is 1. The van der Waals surface area contributed by atoms with E-state index in [-0.39, 0.29) is 18.4 Å². The summed E-state index contributed by atoms with van der Waals surface area (Å²) in [7, 11) is 0. The molecule has 0 spiro atoms. The maximum absolute atomic E-state index is 12.6. The Morgan fingerprint density at radius 1 is 1.38 bits per heavy atom. The van der Waals surface area contributed by atoms with Gasteiger partial charge >= 0.3 is 6.18 Å². The molecule has 92 valence electrons. The third-order valence-corrected chi connectivity index (χ3v) is 1.88. The summed E-state index contributed by atoms with van der Waals surface area (Å²) in [6.45, 7) is 4.86. The second-order valence-corrected chi connectivity index (χ2v) is 3.86. The monoisotopic (exact) mass is 237 g/mol. The van der Waals surface area contributed by atoms with E-state index in [2.05, 4.69) is 20.0 Å². The van der Waals surface area contributed by atoms with Crippen molar-refractivity contribution >= 4 is 0 Å². The van der Waals surface area contributed by atoms with E-state index in [1.54, 1.807) is 20.8 Å². The molecule has 0 unspecified atom stereocenters. The van der Waals surface area contributed by atoms with Crippen LogP contribution in [0.5, 0.6) is 0 Å². The molecule has 4 nitrogen and oxygen atoms in total. The van der Waals surface area contributed by atoms with Gasteiger partial charge in [0.2, 0.25) is 5.89 Å². The van der Waals surface area contributed by atoms with Gasteiger partial charge < -0.3 is 9.84 Å². The quantitative estimate of drug-likeness (QED) is 0.868. The van der Waals surface area contributed by atoms with Crippen LogP contribution in [0, 0.1) is 6.92 Å². The third kappa shape index (κ3) is 3.80. The summed E-state index contributed by atoms with van der Waals surface area (Å²) < 4.78 is 42.5. The number of aromatic nitrogens is 2. The summed E-state index contributed by atoms with van der Waals surface area (Å²) in [6.07, 6.45) is -4.67. The molecule has 0 radical (unpaired) electrons. The molecule has 0 aliphatic heterocycles. The van der Waals surface area contributed by atoms with Crippen LogP contribution in [-0.2, 0) is 6.42 Å². The van der Waals surface area contributed by atoms with Crippen molar-refractivity contribution < 1.29 is 17.7 Å². The van der Waals surface area contributed by atoms with Crippen molar-refractivity contribution in [2.24, 2.45) is 0 Å². The van der Waals surface area contributed by atoms with Crippen molar-refractivity contribution in [2.45, 2.75) is 45.5 Å². The normalized spacial score (nSPS) is 14.4. The second kappa shape index (κ2) is 4.82. The van der Waals surface area contributed by atoms with E-state index < -0.39 is 12.2 Å². The average Bonchev–Trinajstić information content (AvgIpc) is 2.47. The summed E-state index contributed by atoms with van der Waals surface area (Å²) in [4.78, 5) is 3.75. The molecule has 7 heteroatoms. The molecule has 1 atom stereocenters. The molecule has 1 aromatic rings. The van der Waals surface area contributed by atoms with Gasteiger partial charge in [-0.15, -0.1) is 0 Å². The van der Waals surface area contributed by atoms with Gasteiger partial charge in [0.25, 0.3) is 0 Å². The molecule has 0 fully saturated rings. The first-order chi connectivity index (χ1) is 7.29.